The Labute approximate surface area is 168 Å². The summed E-state index contributed by atoms with van der Waals surface area (Å²) in [6.45, 7) is 6.43. The van der Waals surface area contributed by atoms with E-state index in [9.17, 15) is 13.2 Å². The molecule has 150 valence electrons. The zero-order valence-corrected chi connectivity index (χ0v) is 17.6. The van der Waals surface area contributed by atoms with Crippen LogP contribution in [0.25, 0.3) is 0 Å². The fraction of sp³-hybridized carbons (Fsp3) is 0.409. The molecule has 0 unspecified atom stereocenters. The molecule has 2 aromatic carbocycles. The van der Waals surface area contributed by atoms with Gasteiger partial charge in [0.1, 0.15) is 0 Å². The van der Waals surface area contributed by atoms with Gasteiger partial charge in [0.05, 0.1) is 4.90 Å². The zero-order valence-electron chi connectivity index (χ0n) is 16.8. The number of carbonyl (C=O) groups excluding carboxylic acids is 1. The van der Waals surface area contributed by atoms with E-state index >= 15 is 0 Å². The summed E-state index contributed by atoms with van der Waals surface area (Å²) in [5.41, 5.74) is 2.71. The lowest BCUT2D eigenvalue weighted by molar-refractivity contribution is -0.116. The van der Waals surface area contributed by atoms with Crippen LogP contribution in [0.4, 0.5) is 5.69 Å². The molecule has 6 heteroatoms. The van der Waals surface area contributed by atoms with E-state index in [-0.39, 0.29) is 11.9 Å². The van der Waals surface area contributed by atoms with Crippen molar-refractivity contribution in [3.05, 3.63) is 59.7 Å². The maximum atomic E-state index is 13.4. The van der Waals surface area contributed by atoms with E-state index in [1.165, 1.54) is 0 Å². The first-order chi connectivity index (χ1) is 13.3. The van der Waals surface area contributed by atoms with Crippen molar-refractivity contribution in [3.8, 4) is 0 Å². The number of unbranched alkanes of at least 4 members (excludes halogenated alkanes) is 1. The molecule has 1 atom stereocenters. The third-order valence-corrected chi connectivity index (χ3v) is 7.05. The van der Waals surface area contributed by atoms with Gasteiger partial charge < -0.3 is 4.90 Å². The van der Waals surface area contributed by atoms with Crippen LogP contribution >= 0.6 is 0 Å². The van der Waals surface area contributed by atoms with E-state index in [4.69, 9.17) is 0 Å². The Morgan fingerprint density at radius 2 is 1.89 bits per heavy atom. The molecule has 5 nitrogen and oxygen atoms in total. The lowest BCUT2D eigenvalue weighted by Gasteiger charge is -2.23. The first kappa shape index (κ1) is 20.6. The number of anilines is 1. The number of sulfonamides is 1. The molecule has 0 aliphatic carbocycles. The van der Waals surface area contributed by atoms with Crippen molar-refractivity contribution in [2.45, 2.75) is 57.5 Å². The predicted molar refractivity (Wildman–Crippen MR) is 112 cm³/mol. The molecule has 0 saturated heterocycles. The molecule has 0 saturated carbocycles. The average Bonchev–Trinajstić information content (AvgIpc) is 3.00. The minimum Gasteiger partial charge on any atom is -0.309 e. The number of amides is 1. The van der Waals surface area contributed by atoms with Gasteiger partial charge in [0, 0.05) is 31.7 Å². The summed E-state index contributed by atoms with van der Waals surface area (Å²) in [4.78, 5) is 14.0. The van der Waals surface area contributed by atoms with E-state index in [0.717, 1.165) is 29.7 Å². The molecule has 0 bridgehead atoms. The van der Waals surface area contributed by atoms with Crippen LogP contribution in [0.1, 0.15) is 44.7 Å². The number of fused-ring (bicyclic) bond motifs is 1. The average molecular weight is 401 g/mol. The van der Waals surface area contributed by atoms with E-state index in [0.29, 0.717) is 24.4 Å². The number of hydrogen-bond acceptors (Lipinski definition) is 3. The predicted octanol–water partition coefficient (Wildman–Crippen LogP) is 3.98. The van der Waals surface area contributed by atoms with Gasteiger partial charge >= 0.3 is 0 Å². The van der Waals surface area contributed by atoms with Gasteiger partial charge in [-0.05, 0) is 49.1 Å². The Kier molecular flexibility index (Phi) is 6.20. The van der Waals surface area contributed by atoms with E-state index in [1.807, 2.05) is 37.3 Å². The molecule has 1 aliphatic rings. The number of carbonyl (C=O) groups is 1. The first-order valence-electron chi connectivity index (χ1n) is 9.81. The minimum atomic E-state index is -3.62. The summed E-state index contributed by atoms with van der Waals surface area (Å²) in [7, 11) is -3.62. The van der Waals surface area contributed by atoms with Crippen LogP contribution in [0.2, 0.25) is 0 Å². The number of nitrogens with zero attached hydrogens (tertiary/aromatic N) is 2. The van der Waals surface area contributed by atoms with Gasteiger partial charge in [0.2, 0.25) is 15.9 Å². The molecule has 0 radical (unpaired) electrons. The molecular formula is C22H28N2O3S. The molecule has 1 aliphatic heterocycles. The molecule has 2 aromatic rings. The van der Waals surface area contributed by atoms with Crippen LogP contribution in [-0.2, 0) is 27.8 Å². The maximum Gasteiger partial charge on any atom is 0.243 e. The Balaban J connectivity index is 1.93. The van der Waals surface area contributed by atoms with Gasteiger partial charge in [-0.1, -0.05) is 43.7 Å². The molecule has 1 heterocycles. The molecular weight excluding hydrogens is 372 g/mol. The summed E-state index contributed by atoms with van der Waals surface area (Å²) < 4.78 is 28.3. The fourth-order valence-corrected chi connectivity index (χ4v) is 5.32. The molecule has 0 fully saturated rings. The van der Waals surface area contributed by atoms with Crippen LogP contribution in [0, 0.1) is 0 Å². The Morgan fingerprint density at radius 1 is 1.18 bits per heavy atom. The van der Waals surface area contributed by atoms with Gasteiger partial charge in [0.15, 0.2) is 0 Å². The quantitative estimate of drug-likeness (QED) is 0.706. The Bertz CT molecular complexity index is 942. The largest absolute Gasteiger partial charge is 0.309 e. The molecule has 0 spiro atoms. The highest BCUT2D eigenvalue weighted by molar-refractivity contribution is 7.89. The van der Waals surface area contributed by atoms with Crippen LogP contribution in [-0.4, -0.2) is 31.2 Å². The summed E-state index contributed by atoms with van der Waals surface area (Å²) in [6.07, 6.45) is 2.41. The number of rotatable bonds is 7. The highest BCUT2D eigenvalue weighted by Gasteiger charge is 2.31. The topological polar surface area (TPSA) is 57.7 Å². The third-order valence-electron chi connectivity index (χ3n) is 5.21. The SMILES string of the molecule is CCCCN(Cc1ccccc1)S(=O)(=O)c1ccc2c(c1)C[C@@H](C)N2C(C)=O. The van der Waals surface area contributed by atoms with Crippen LogP contribution in [0.15, 0.2) is 53.4 Å². The summed E-state index contributed by atoms with van der Waals surface area (Å²) in [5.74, 6) is -0.0180. The summed E-state index contributed by atoms with van der Waals surface area (Å²) >= 11 is 0. The fourth-order valence-electron chi connectivity index (χ4n) is 3.80. The van der Waals surface area contributed by atoms with Crippen molar-refractivity contribution in [3.63, 3.8) is 0 Å². The van der Waals surface area contributed by atoms with Crippen molar-refractivity contribution < 1.29 is 13.2 Å². The van der Waals surface area contributed by atoms with E-state index < -0.39 is 10.0 Å². The van der Waals surface area contributed by atoms with Crippen LogP contribution in [0.5, 0.6) is 0 Å². The molecule has 0 aromatic heterocycles. The molecule has 28 heavy (non-hydrogen) atoms. The zero-order chi connectivity index (χ0) is 20.3. The normalized spacial score (nSPS) is 16.4. The number of hydrogen-bond donors (Lipinski definition) is 0. The molecule has 3 rings (SSSR count). The highest BCUT2D eigenvalue weighted by atomic mass is 32.2. The smallest absolute Gasteiger partial charge is 0.243 e. The lowest BCUT2D eigenvalue weighted by Crippen LogP contribution is -2.33. The monoisotopic (exact) mass is 400 g/mol. The highest BCUT2D eigenvalue weighted by Crippen LogP contribution is 2.34. The second kappa shape index (κ2) is 8.45. The van der Waals surface area contributed by atoms with Crippen molar-refractivity contribution >= 4 is 21.6 Å². The van der Waals surface area contributed by atoms with E-state index in [2.05, 4.69) is 6.92 Å². The third kappa shape index (κ3) is 4.13. The van der Waals surface area contributed by atoms with Crippen LogP contribution < -0.4 is 4.90 Å². The van der Waals surface area contributed by atoms with Crippen molar-refractivity contribution in [1.29, 1.82) is 0 Å². The lowest BCUT2D eigenvalue weighted by atomic mass is 10.1. The summed E-state index contributed by atoms with van der Waals surface area (Å²) in [6, 6.07) is 14.9. The van der Waals surface area contributed by atoms with Gasteiger partial charge in [-0.3, -0.25) is 4.79 Å². The van der Waals surface area contributed by atoms with Gasteiger partial charge in [-0.15, -0.1) is 0 Å². The van der Waals surface area contributed by atoms with Gasteiger partial charge in [0.25, 0.3) is 0 Å². The Hall–Kier alpha value is -2.18. The van der Waals surface area contributed by atoms with Gasteiger partial charge in [-0.2, -0.15) is 4.31 Å². The van der Waals surface area contributed by atoms with E-state index in [1.54, 1.807) is 34.3 Å². The Morgan fingerprint density at radius 3 is 2.54 bits per heavy atom. The summed E-state index contributed by atoms with van der Waals surface area (Å²) in [5, 5.41) is 0. The minimum absolute atomic E-state index is 0.0180. The maximum absolute atomic E-state index is 13.4. The van der Waals surface area contributed by atoms with Gasteiger partial charge in [-0.25, -0.2) is 8.42 Å². The second-order valence-electron chi connectivity index (χ2n) is 7.41. The number of benzene rings is 2. The molecule has 0 N–H and O–H groups in total. The second-order valence-corrected chi connectivity index (χ2v) is 9.35. The van der Waals surface area contributed by atoms with Crippen molar-refractivity contribution in [1.82, 2.24) is 4.31 Å². The van der Waals surface area contributed by atoms with Crippen LogP contribution in [0.3, 0.4) is 0 Å². The van der Waals surface area contributed by atoms with Crippen molar-refractivity contribution in [2.75, 3.05) is 11.4 Å². The first-order valence-corrected chi connectivity index (χ1v) is 11.3. The molecule has 1 amide bonds. The van der Waals surface area contributed by atoms with Crippen molar-refractivity contribution in [2.24, 2.45) is 0 Å². The standard InChI is InChI=1S/C22H28N2O3S/c1-4-5-13-23(16-19-9-7-6-8-10-19)28(26,27)21-11-12-22-20(15-21)14-17(2)24(22)18(3)25/h6-12,15,17H,4-5,13-14,16H2,1-3H3/t17-/m1/s1.